The van der Waals surface area contributed by atoms with Gasteiger partial charge in [-0.05, 0) is 29.3 Å². The average Bonchev–Trinajstić information content (AvgIpc) is 3.04. The second kappa shape index (κ2) is 4.27. The minimum Gasteiger partial charge on any atom is -0.454 e. The van der Waals surface area contributed by atoms with Crippen LogP contribution < -0.4 is 14.4 Å². The van der Waals surface area contributed by atoms with Crippen LogP contribution in [0.2, 0.25) is 0 Å². The number of carbonyl (C=O) groups excluding carboxylic acids is 1. The van der Waals surface area contributed by atoms with Crippen LogP contribution in [0.3, 0.4) is 0 Å². The number of benzene rings is 2. The first-order valence-electron chi connectivity index (χ1n) is 6.58. The van der Waals surface area contributed by atoms with Gasteiger partial charge in [-0.1, -0.05) is 24.3 Å². The summed E-state index contributed by atoms with van der Waals surface area (Å²) in [5.74, 6) is 1.66. The Bertz CT molecular complexity index is 696. The van der Waals surface area contributed by atoms with E-state index in [1.165, 1.54) is 0 Å². The molecule has 2 heterocycles. The molecule has 0 spiro atoms. The summed E-state index contributed by atoms with van der Waals surface area (Å²) in [5.41, 5.74) is 3.15. The zero-order valence-electron chi connectivity index (χ0n) is 10.8. The van der Waals surface area contributed by atoms with Crippen LogP contribution in [-0.4, -0.2) is 12.7 Å². The molecular weight excluding hydrogens is 254 g/mol. The molecule has 4 nitrogen and oxygen atoms in total. The predicted molar refractivity (Wildman–Crippen MR) is 73.9 cm³/mol. The van der Waals surface area contributed by atoms with Crippen molar-refractivity contribution in [1.29, 1.82) is 0 Å². The number of fused-ring (bicyclic) bond motifs is 2. The third-order valence-corrected chi connectivity index (χ3v) is 3.70. The highest BCUT2D eigenvalue weighted by molar-refractivity contribution is 6.01. The fourth-order valence-electron chi connectivity index (χ4n) is 2.71. The number of nitrogens with zero attached hydrogens (tertiary/aromatic N) is 1. The molecule has 0 atom stereocenters. The summed E-state index contributed by atoms with van der Waals surface area (Å²) in [6.45, 7) is 0.830. The van der Waals surface area contributed by atoms with E-state index in [4.69, 9.17) is 9.47 Å². The summed E-state index contributed by atoms with van der Waals surface area (Å²) in [6, 6.07) is 13.7. The Hall–Kier alpha value is -2.49. The summed E-state index contributed by atoms with van der Waals surface area (Å²) in [4.78, 5) is 14.0. The van der Waals surface area contributed by atoms with Gasteiger partial charge in [0, 0.05) is 5.69 Å². The molecule has 2 aromatic rings. The van der Waals surface area contributed by atoms with Gasteiger partial charge in [0.2, 0.25) is 12.7 Å². The Labute approximate surface area is 116 Å². The van der Waals surface area contributed by atoms with Gasteiger partial charge in [-0.15, -0.1) is 0 Å². The van der Waals surface area contributed by atoms with Crippen molar-refractivity contribution in [3.05, 3.63) is 53.6 Å². The van der Waals surface area contributed by atoms with E-state index in [1.54, 1.807) is 0 Å². The molecule has 20 heavy (non-hydrogen) atoms. The molecule has 0 N–H and O–H groups in total. The predicted octanol–water partition coefficient (Wildman–Crippen LogP) is 2.50. The highest BCUT2D eigenvalue weighted by Gasteiger charge is 2.27. The molecule has 0 aliphatic carbocycles. The van der Waals surface area contributed by atoms with E-state index in [0.29, 0.717) is 13.0 Å². The van der Waals surface area contributed by atoms with Gasteiger partial charge in [-0.2, -0.15) is 0 Å². The quantitative estimate of drug-likeness (QED) is 0.839. The van der Waals surface area contributed by atoms with Crippen LogP contribution in [0.4, 0.5) is 5.69 Å². The van der Waals surface area contributed by atoms with Crippen LogP contribution in [0.5, 0.6) is 11.5 Å². The van der Waals surface area contributed by atoms with Crippen molar-refractivity contribution in [2.24, 2.45) is 0 Å². The lowest BCUT2D eigenvalue weighted by molar-refractivity contribution is -0.117. The normalized spacial score (nSPS) is 15.6. The zero-order valence-corrected chi connectivity index (χ0v) is 10.8. The Morgan fingerprint density at radius 3 is 2.85 bits per heavy atom. The SMILES string of the molecule is O=C1Cc2ccccc2N1Cc1ccc2c(c1)OCO2. The molecule has 0 unspecified atom stereocenters. The Morgan fingerprint density at radius 2 is 1.90 bits per heavy atom. The molecule has 1 amide bonds. The Balaban J connectivity index is 1.65. The average molecular weight is 267 g/mol. The summed E-state index contributed by atoms with van der Waals surface area (Å²) >= 11 is 0. The molecule has 2 aliphatic rings. The number of amides is 1. The number of rotatable bonds is 2. The van der Waals surface area contributed by atoms with Crippen LogP contribution in [0.25, 0.3) is 0 Å². The van der Waals surface area contributed by atoms with Crippen LogP contribution in [-0.2, 0) is 17.8 Å². The van der Waals surface area contributed by atoms with Gasteiger partial charge in [0.05, 0.1) is 13.0 Å². The highest BCUT2D eigenvalue weighted by atomic mass is 16.7. The fraction of sp³-hybridized carbons (Fsp3) is 0.188. The molecule has 0 saturated heterocycles. The molecule has 0 aromatic heterocycles. The molecule has 100 valence electrons. The van der Waals surface area contributed by atoms with Crippen molar-refractivity contribution < 1.29 is 14.3 Å². The summed E-state index contributed by atoms with van der Waals surface area (Å²) in [6.07, 6.45) is 0.487. The smallest absolute Gasteiger partial charge is 0.231 e. The van der Waals surface area contributed by atoms with Gasteiger partial charge < -0.3 is 14.4 Å². The maximum atomic E-state index is 12.1. The largest absolute Gasteiger partial charge is 0.454 e. The fourth-order valence-corrected chi connectivity index (χ4v) is 2.71. The molecule has 4 heteroatoms. The van der Waals surface area contributed by atoms with Crippen molar-refractivity contribution in [3.8, 4) is 11.5 Å². The van der Waals surface area contributed by atoms with Crippen molar-refractivity contribution in [2.45, 2.75) is 13.0 Å². The van der Waals surface area contributed by atoms with E-state index in [1.807, 2.05) is 47.4 Å². The topological polar surface area (TPSA) is 38.8 Å². The number of ether oxygens (including phenoxy) is 2. The van der Waals surface area contributed by atoms with Crippen molar-refractivity contribution in [1.82, 2.24) is 0 Å². The van der Waals surface area contributed by atoms with Gasteiger partial charge in [0.1, 0.15) is 0 Å². The second-order valence-electron chi connectivity index (χ2n) is 4.97. The lowest BCUT2D eigenvalue weighted by Gasteiger charge is -2.17. The zero-order chi connectivity index (χ0) is 13.5. The minimum atomic E-state index is 0.142. The number of hydrogen-bond acceptors (Lipinski definition) is 3. The monoisotopic (exact) mass is 267 g/mol. The van der Waals surface area contributed by atoms with E-state index in [-0.39, 0.29) is 12.7 Å². The van der Waals surface area contributed by atoms with E-state index < -0.39 is 0 Å². The van der Waals surface area contributed by atoms with Crippen LogP contribution in [0, 0.1) is 0 Å². The summed E-state index contributed by atoms with van der Waals surface area (Å²) < 4.78 is 10.7. The first-order chi connectivity index (χ1) is 9.81. The maximum absolute atomic E-state index is 12.1. The highest BCUT2D eigenvalue weighted by Crippen LogP contribution is 2.34. The standard InChI is InChI=1S/C16H13NO3/c18-16-8-12-3-1-2-4-13(12)17(16)9-11-5-6-14-15(7-11)20-10-19-14/h1-7H,8-10H2. The van der Waals surface area contributed by atoms with Crippen molar-refractivity contribution in [3.63, 3.8) is 0 Å². The molecule has 4 rings (SSSR count). The molecule has 2 aliphatic heterocycles. The van der Waals surface area contributed by atoms with E-state index in [9.17, 15) is 4.79 Å². The van der Waals surface area contributed by atoms with Gasteiger partial charge in [0.25, 0.3) is 0 Å². The third-order valence-electron chi connectivity index (χ3n) is 3.70. The van der Waals surface area contributed by atoms with E-state index in [0.717, 1.165) is 28.3 Å². The molecule has 0 fully saturated rings. The minimum absolute atomic E-state index is 0.142. The van der Waals surface area contributed by atoms with Gasteiger partial charge >= 0.3 is 0 Å². The lowest BCUT2D eigenvalue weighted by atomic mass is 10.1. The molecule has 0 saturated carbocycles. The molecule has 0 bridgehead atoms. The summed E-state index contributed by atoms with van der Waals surface area (Å²) in [5, 5.41) is 0. The first kappa shape index (κ1) is 11.3. The number of carbonyl (C=O) groups is 1. The lowest BCUT2D eigenvalue weighted by Crippen LogP contribution is -2.25. The second-order valence-corrected chi connectivity index (χ2v) is 4.97. The van der Waals surface area contributed by atoms with E-state index in [2.05, 4.69) is 0 Å². The first-order valence-corrected chi connectivity index (χ1v) is 6.58. The number of para-hydroxylation sites is 1. The Kier molecular flexibility index (Phi) is 2.42. The van der Waals surface area contributed by atoms with Crippen molar-refractivity contribution in [2.75, 3.05) is 11.7 Å². The maximum Gasteiger partial charge on any atom is 0.231 e. The third kappa shape index (κ3) is 1.72. The summed E-state index contributed by atoms with van der Waals surface area (Å²) in [7, 11) is 0. The molecule has 0 radical (unpaired) electrons. The van der Waals surface area contributed by atoms with Crippen LogP contribution in [0.1, 0.15) is 11.1 Å². The van der Waals surface area contributed by atoms with Gasteiger partial charge in [-0.3, -0.25) is 4.79 Å². The van der Waals surface area contributed by atoms with Crippen LogP contribution >= 0.6 is 0 Å². The molecular formula is C16H13NO3. The van der Waals surface area contributed by atoms with Gasteiger partial charge in [0.15, 0.2) is 11.5 Å². The van der Waals surface area contributed by atoms with Crippen molar-refractivity contribution >= 4 is 11.6 Å². The van der Waals surface area contributed by atoms with Crippen LogP contribution in [0.15, 0.2) is 42.5 Å². The Morgan fingerprint density at radius 1 is 1.05 bits per heavy atom. The number of hydrogen-bond donors (Lipinski definition) is 0. The molecule has 2 aromatic carbocycles. The van der Waals surface area contributed by atoms with Gasteiger partial charge in [-0.25, -0.2) is 0 Å². The number of anilines is 1. The van der Waals surface area contributed by atoms with E-state index >= 15 is 0 Å².